The molecule has 0 aliphatic carbocycles. The highest BCUT2D eigenvalue weighted by Gasteiger charge is 2.42. The largest absolute Gasteiger partial charge is 0.480 e. The Morgan fingerprint density at radius 3 is 2.55 bits per heavy atom. The van der Waals surface area contributed by atoms with Crippen LogP contribution >= 0.6 is 0 Å². The summed E-state index contributed by atoms with van der Waals surface area (Å²) in [6.07, 6.45) is 0.690. The second-order valence-electron chi connectivity index (χ2n) is 3.13. The number of hydrogen-bond acceptors (Lipinski definition) is 3. The molecule has 0 aromatic carbocycles. The van der Waals surface area contributed by atoms with Gasteiger partial charge in [-0.1, -0.05) is 0 Å². The van der Waals surface area contributed by atoms with Crippen LogP contribution in [0.15, 0.2) is 0 Å². The monoisotopic (exact) mass is 158 g/mol. The van der Waals surface area contributed by atoms with Crippen LogP contribution in [-0.4, -0.2) is 48.7 Å². The van der Waals surface area contributed by atoms with Crippen LogP contribution in [0.1, 0.15) is 6.42 Å². The zero-order valence-electron chi connectivity index (χ0n) is 6.92. The van der Waals surface area contributed by atoms with Crippen LogP contribution in [0.3, 0.4) is 0 Å². The third-order valence-corrected chi connectivity index (χ3v) is 2.35. The van der Waals surface area contributed by atoms with Crippen molar-refractivity contribution in [1.82, 2.24) is 10.2 Å². The third kappa shape index (κ3) is 1.36. The first kappa shape index (κ1) is 8.49. The molecule has 11 heavy (non-hydrogen) atoms. The molecule has 4 nitrogen and oxygen atoms in total. The van der Waals surface area contributed by atoms with E-state index in [0.29, 0.717) is 13.0 Å². The van der Waals surface area contributed by atoms with Crippen molar-refractivity contribution in [2.45, 2.75) is 12.0 Å². The number of likely N-dealkylation sites (N-methyl/N-ethyl adjacent to an activating group) is 2. The van der Waals surface area contributed by atoms with Crippen LogP contribution in [0.5, 0.6) is 0 Å². The molecule has 1 heterocycles. The first-order valence-corrected chi connectivity index (χ1v) is 3.71. The number of rotatable bonds is 2. The van der Waals surface area contributed by atoms with Gasteiger partial charge >= 0.3 is 5.97 Å². The van der Waals surface area contributed by atoms with Gasteiger partial charge in [-0.15, -0.1) is 0 Å². The normalized spacial score (nSPS) is 32.5. The first-order chi connectivity index (χ1) is 5.10. The van der Waals surface area contributed by atoms with E-state index in [1.807, 2.05) is 11.9 Å². The van der Waals surface area contributed by atoms with Crippen molar-refractivity contribution in [3.8, 4) is 0 Å². The zero-order valence-corrected chi connectivity index (χ0v) is 6.92. The van der Waals surface area contributed by atoms with Crippen LogP contribution in [0.25, 0.3) is 0 Å². The molecule has 0 aromatic heterocycles. The quantitative estimate of drug-likeness (QED) is 0.561. The molecular weight excluding hydrogens is 144 g/mol. The van der Waals surface area contributed by atoms with E-state index in [9.17, 15) is 4.79 Å². The number of carbonyl (C=O) groups is 1. The highest BCUT2D eigenvalue weighted by atomic mass is 16.4. The fourth-order valence-corrected chi connectivity index (χ4v) is 1.49. The maximum Gasteiger partial charge on any atom is 0.325 e. The Morgan fingerprint density at radius 1 is 1.73 bits per heavy atom. The van der Waals surface area contributed by atoms with Gasteiger partial charge in [-0.3, -0.25) is 4.79 Å². The molecule has 1 aliphatic rings. The molecule has 0 radical (unpaired) electrons. The van der Waals surface area contributed by atoms with Gasteiger partial charge in [-0.2, -0.15) is 0 Å². The van der Waals surface area contributed by atoms with Crippen LogP contribution in [0, 0.1) is 0 Å². The van der Waals surface area contributed by atoms with E-state index < -0.39 is 11.5 Å². The number of carboxylic acid groups (broad SMARTS) is 1. The summed E-state index contributed by atoms with van der Waals surface area (Å²) in [7, 11) is 3.63. The zero-order chi connectivity index (χ0) is 8.48. The van der Waals surface area contributed by atoms with Crippen LogP contribution in [-0.2, 0) is 4.79 Å². The molecular formula is C7H14N2O2. The molecule has 0 saturated carbocycles. The maximum absolute atomic E-state index is 10.8. The van der Waals surface area contributed by atoms with Gasteiger partial charge in [0.2, 0.25) is 0 Å². The van der Waals surface area contributed by atoms with Crippen molar-refractivity contribution in [1.29, 1.82) is 0 Å². The van der Waals surface area contributed by atoms with Gasteiger partial charge in [0, 0.05) is 13.1 Å². The topological polar surface area (TPSA) is 52.6 Å². The minimum absolute atomic E-state index is 0.596. The number of likely N-dealkylation sites (tertiary alicyclic amines) is 1. The van der Waals surface area contributed by atoms with E-state index in [2.05, 4.69) is 5.32 Å². The minimum Gasteiger partial charge on any atom is -0.480 e. The summed E-state index contributed by atoms with van der Waals surface area (Å²) in [5.74, 6) is -0.746. The SMILES string of the molecule is CNC1(C(=O)O)CCN(C)C1. The van der Waals surface area contributed by atoms with Gasteiger partial charge in [0.05, 0.1) is 0 Å². The standard InChI is InChI=1S/C7H14N2O2/c1-8-7(6(10)11)3-4-9(2)5-7/h8H,3-5H2,1-2H3,(H,10,11). The number of aliphatic carboxylic acids is 1. The van der Waals surface area contributed by atoms with Gasteiger partial charge in [0.1, 0.15) is 5.54 Å². The lowest BCUT2D eigenvalue weighted by atomic mass is 10.00. The molecule has 0 amide bonds. The highest BCUT2D eigenvalue weighted by molar-refractivity contribution is 5.79. The Balaban J connectivity index is 2.70. The molecule has 0 spiro atoms. The highest BCUT2D eigenvalue weighted by Crippen LogP contribution is 2.19. The van der Waals surface area contributed by atoms with Crippen molar-refractivity contribution >= 4 is 5.97 Å². The summed E-state index contributed by atoms with van der Waals surface area (Å²) in [6, 6.07) is 0. The lowest BCUT2D eigenvalue weighted by Gasteiger charge is -2.22. The van der Waals surface area contributed by atoms with Crippen molar-refractivity contribution in [3.05, 3.63) is 0 Å². The predicted octanol–water partition coefficient (Wildman–Crippen LogP) is -0.635. The molecule has 1 atom stereocenters. The van der Waals surface area contributed by atoms with E-state index >= 15 is 0 Å². The second-order valence-corrected chi connectivity index (χ2v) is 3.13. The average molecular weight is 158 g/mol. The van der Waals surface area contributed by atoms with Crippen molar-refractivity contribution < 1.29 is 9.90 Å². The molecule has 0 bridgehead atoms. The van der Waals surface area contributed by atoms with Crippen LogP contribution < -0.4 is 5.32 Å². The molecule has 0 aromatic rings. The summed E-state index contributed by atoms with van der Waals surface area (Å²) < 4.78 is 0. The first-order valence-electron chi connectivity index (χ1n) is 3.71. The van der Waals surface area contributed by atoms with Crippen molar-refractivity contribution in [2.75, 3.05) is 27.2 Å². The Kier molecular flexibility index (Phi) is 2.15. The van der Waals surface area contributed by atoms with E-state index in [-0.39, 0.29) is 0 Å². The second kappa shape index (κ2) is 2.79. The molecule has 1 aliphatic heterocycles. The van der Waals surface area contributed by atoms with Crippen molar-refractivity contribution in [2.24, 2.45) is 0 Å². The lowest BCUT2D eigenvalue weighted by Crippen LogP contribution is -2.52. The summed E-state index contributed by atoms with van der Waals surface area (Å²) in [5.41, 5.74) is -0.700. The van der Waals surface area contributed by atoms with Gasteiger partial charge in [-0.25, -0.2) is 0 Å². The fourth-order valence-electron chi connectivity index (χ4n) is 1.49. The summed E-state index contributed by atoms with van der Waals surface area (Å²) in [6.45, 7) is 1.45. The van der Waals surface area contributed by atoms with Gasteiger partial charge in [-0.05, 0) is 20.5 Å². The average Bonchev–Trinajstić information content (AvgIpc) is 2.33. The number of nitrogens with one attached hydrogen (secondary N) is 1. The van der Waals surface area contributed by atoms with Gasteiger partial charge in [0.25, 0.3) is 0 Å². The Bertz CT molecular complexity index is 172. The molecule has 64 valence electrons. The van der Waals surface area contributed by atoms with Crippen LogP contribution in [0.4, 0.5) is 0 Å². The Morgan fingerprint density at radius 2 is 2.36 bits per heavy atom. The molecule has 1 unspecified atom stereocenters. The van der Waals surface area contributed by atoms with E-state index in [0.717, 1.165) is 6.54 Å². The minimum atomic E-state index is -0.746. The number of carboxylic acids is 1. The molecule has 2 N–H and O–H groups in total. The summed E-state index contributed by atoms with van der Waals surface area (Å²) in [5, 5.41) is 11.8. The maximum atomic E-state index is 10.8. The Labute approximate surface area is 66.2 Å². The number of nitrogens with zero attached hydrogens (tertiary/aromatic N) is 1. The molecule has 1 fully saturated rings. The van der Waals surface area contributed by atoms with Crippen LogP contribution in [0.2, 0.25) is 0 Å². The van der Waals surface area contributed by atoms with E-state index in [1.54, 1.807) is 7.05 Å². The summed E-state index contributed by atoms with van der Waals surface area (Å²) in [4.78, 5) is 12.8. The number of hydrogen-bond donors (Lipinski definition) is 2. The molecule has 1 saturated heterocycles. The lowest BCUT2D eigenvalue weighted by molar-refractivity contribution is -0.144. The van der Waals surface area contributed by atoms with Gasteiger partial charge in [0.15, 0.2) is 0 Å². The van der Waals surface area contributed by atoms with Crippen molar-refractivity contribution in [3.63, 3.8) is 0 Å². The fraction of sp³-hybridized carbons (Fsp3) is 0.857. The predicted molar refractivity (Wildman–Crippen MR) is 41.5 cm³/mol. The molecule has 4 heteroatoms. The van der Waals surface area contributed by atoms with E-state index in [4.69, 9.17) is 5.11 Å². The third-order valence-electron chi connectivity index (χ3n) is 2.35. The van der Waals surface area contributed by atoms with E-state index in [1.165, 1.54) is 0 Å². The van der Waals surface area contributed by atoms with Gasteiger partial charge < -0.3 is 15.3 Å². The smallest absolute Gasteiger partial charge is 0.325 e. The summed E-state index contributed by atoms with van der Waals surface area (Å²) >= 11 is 0. The molecule has 1 rings (SSSR count). The Hall–Kier alpha value is -0.610.